The van der Waals surface area contributed by atoms with E-state index in [0.717, 1.165) is 60.8 Å². The summed E-state index contributed by atoms with van der Waals surface area (Å²) < 4.78 is 7.89. The lowest BCUT2D eigenvalue weighted by molar-refractivity contribution is 0.309. The van der Waals surface area contributed by atoms with Gasteiger partial charge in [-0.1, -0.05) is 25.5 Å². The number of fused-ring (bicyclic) bond motifs is 1. The number of unbranched alkanes of at least 4 members (excludes halogenated alkanes) is 1. The number of para-hydroxylation sites is 2. The van der Waals surface area contributed by atoms with E-state index < -0.39 is 0 Å². The average molecular weight is 364 g/mol. The third kappa shape index (κ3) is 5.17. The van der Waals surface area contributed by atoms with Crippen LogP contribution < -0.4 is 4.74 Å². The van der Waals surface area contributed by atoms with E-state index in [2.05, 4.69) is 41.5 Å². The van der Waals surface area contributed by atoms with E-state index in [1.807, 2.05) is 48.7 Å². The van der Waals surface area contributed by atoms with Gasteiger partial charge in [-0.25, -0.2) is 9.98 Å². The van der Waals surface area contributed by atoms with Gasteiger partial charge in [0.1, 0.15) is 5.75 Å². The van der Waals surface area contributed by atoms with Crippen molar-refractivity contribution < 1.29 is 4.74 Å². The van der Waals surface area contributed by atoms with Crippen molar-refractivity contribution in [3.05, 3.63) is 54.1 Å². The lowest BCUT2D eigenvalue weighted by atomic mass is 10.2. The number of ether oxygens (including phenoxy) is 1. The Hall–Kier alpha value is -2.66. The van der Waals surface area contributed by atoms with Crippen LogP contribution in [0.5, 0.6) is 5.75 Å². The van der Waals surface area contributed by atoms with Crippen LogP contribution in [0.25, 0.3) is 11.0 Å². The minimum absolute atomic E-state index is 0.737. The highest BCUT2D eigenvalue weighted by Crippen LogP contribution is 2.22. The fourth-order valence-corrected chi connectivity index (χ4v) is 2.80. The fourth-order valence-electron chi connectivity index (χ4n) is 2.80. The molecule has 0 amide bonds. The largest absolute Gasteiger partial charge is 0.494 e. The second-order valence-electron chi connectivity index (χ2n) is 6.88. The first-order chi connectivity index (χ1) is 13.2. The van der Waals surface area contributed by atoms with Crippen molar-refractivity contribution in [3.8, 4) is 5.75 Å². The Morgan fingerprint density at radius 1 is 1.11 bits per heavy atom. The number of imidazole rings is 1. The van der Waals surface area contributed by atoms with Crippen molar-refractivity contribution in [2.24, 2.45) is 4.99 Å². The number of aromatic nitrogens is 2. The van der Waals surface area contributed by atoms with Crippen LogP contribution in [0, 0.1) is 0 Å². The number of hydrogen-bond acceptors (Lipinski definition) is 4. The quantitative estimate of drug-likeness (QED) is 0.414. The van der Waals surface area contributed by atoms with Gasteiger partial charge in [0, 0.05) is 19.3 Å². The molecule has 0 spiro atoms. The molecule has 0 N–H and O–H groups in total. The van der Waals surface area contributed by atoms with Crippen molar-refractivity contribution in [2.45, 2.75) is 26.3 Å². The Morgan fingerprint density at radius 2 is 1.89 bits per heavy atom. The van der Waals surface area contributed by atoms with E-state index in [4.69, 9.17) is 9.72 Å². The monoisotopic (exact) mass is 364 g/mol. The van der Waals surface area contributed by atoms with Crippen LogP contribution >= 0.6 is 0 Å². The van der Waals surface area contributed by atoms with Gasteiger partial charge in [0.25, 0.3) is 0 Å². The van der Waals surface area contributed by atoms with Gasteiger partial charge < -0.3 is 14.2 Å². The standard InChI is InChI=1S/C22H28N4O/c1-4-5-16-27-19-12-10-18(11-13-19)17-23-22-24-20-8-6-7-9-21(20)26(22)15-14-25(2)3/h6-13,17H,4-5,14-16H2,1-3H3. The normalized spacial score (nSPS) is 11.7. The summed E-state index contributed by atoms with van der Waals surface area (Å²) in [5.74, 6) is 1.64. The molecule has 142 valence electrons. The van der Waals surface area contributed by atoms with E-state index in [0.29, 0.717) is 0 Å². The molecule has 3 aromatic rings. The Bertz CT molecular complexity index is 881. The van der Waals surface area contributed by atoms with Gasteiger partial charge in [-0.15, -0.1) is 0 Å². The summed E-state index contributed by atoms with van der Waals surface area (Å²) in [7, 11) is 4.15. The number of likely N-dealkylation sites (N-methyl/N-ethyl adjacent to an activating group) is 1. The fraction of sp³-hybridized carbons (Fsp3) is 0.364. The number of hydrogen-bond donors (Lipinski definition) is 0. The van der Waals surface area contributed by atoms with Crippen molar-refractivity contribution in [2.75, 3.05) is 27.2 Å². The van der Waals surface area contributed by atoms with Crippen molar-refractivity contribution in [3.63, 3.8) is 0 Å². The number of nitrogens with zero attached hydrogens (tertiary/aromatic N) is 4. The van der Waals surface area contributed by atoms with Gasteiger partial charge in [-0.2, -0.15) is 0 Å². The molecular weight excluding hydrogens is 336 g/mol. The highest BCUT2D eigenvalue weighted by Gasteiger charge is 2.09. The molecule has 0 radical (unpaired) electrons. The molecule has 0 bridgehead atoms. The van der Waals surface area contributed by atoms with Crippen LogP contribution in [-0.4, -0.2) is 47.9 Å². The SMILES string of the molecule is CCCCOc1ccc(C=Nc2nc3ccccc3n2CCN(C)C)cc1. The first kappa shape index (κ1) is 19.1. The molecule has 0 saturated heterocycles. The zero-order valence-corrected chi connectivity index (χ0v) is 16.4. The second-order valence-corrected chi connectivity index (χ2v) is 6.88. The predicted octanol–water partition coefficient (Wildman–Crippen LogP) is 4.53. The van der Waals surface area contributed by atoms with E-state index >= 15 is 0 Å². The summed E-state index contributed by atoms with van der Waals surface area (Å²) in [6.07, 6.45) is 4.08. The van der Waals surface area contributed by atoms with Gasteiger partial charge >= 0.3 is 0 Å². The summed E-state index contributed by atoms with van der Waals surface area (Å²) in [5.41, 5.74) is 3.12. The summed E-state index contributed by atoms with van der Waals surface area (Å²) >= 11 is 0. The highest BCUT2D eigenvalue weighted by molar-refractivity contribution is 5.83. The van der Waals surface area contributed by atoms with E-state index in [-0.39, 0.29) is 0 Å². The molecule has 0 fully saturated rings. The minimum atomic E-state index is 0.737. The third-order valence-corrected chi connectivity index (χ3v) is 4.38. The van der Waals surface area contributed by atoms with Gasteiger partial charge in [0.05, 0.1) is 17.6 Å². The maximum Gasteiger partial charge on any atom is 0.230 e. The smallest absolute Gasteiger partial charge is 0.230 e. The van der Waals surface area contributed by atoms with Crippen LogP contribution in [0.2, 0.25) is 0 Å². The maximum absolute atomic E-state index is 5.71. The molecule has 27 heavy (non-hydrogen) atoms. The predicted molar refractivity (Wildman–Crippen MR) is 112 cm³/mol. The molecule has 3 rings (SSSR count). The van der Waals surface area contributed by atoms with Crippen molar-refractivity contribution in [1.82, 2.24) is 14.5 Å². The summed E-state index contributed by atoms with van der Waals surface area (Å²) in [6.45, 7) is 4.71. The van der Waals surface area contributed by atoms with E-state index in [1.165, 1.54) is 0 Å². The minimum Gasteiger partial charge on any atom is -0.494 e. The number of aliphatic imine (C=N–C) groups is 1. The second kappa shape index (κ2) is 9.33. The molecule has 5 heteroatoms. The third-order valence-electron chi connectivity index (χ3n) is 4.38. The Labute approximate surface area is 161 Å². The molecule has 1 heterocycles. The summed E-state index contributed by atoms with van der Waals surface area (Å²) in [5, 5.41) is 0. The molecule has 5 nitrogen and oxygen atoms in total. The molecule has 0 atom stereocenters. The molecule has 0 unspecified atom stereocenters. The molecule has 2 aromatic carbocycles. The first-order valence-corrected chi connectivity index (χ1v) is 9.54. The van der Waals surface area contributed by atoms with Crippen molar-refractivity contribution in [1.29, 1.82) is 0 Å². The average Bonchev–Trinajstić information content (AvgIpc) is 3.03. The molecule has 1 aromatic heterocycles. The maximum atomic E-state index is 5.71. The van der Waals surface area contributed by atoms with Crippen LogP contribution in [0.15, 0.2) is 53.5 Å². The van der Waals surface area contributed by atoms with Gasteiger partial charge in [0.2, 0.25) is 5.95 Å². The van der Waals surface area contributed by atoms with Gasteiger partial charge in [0.15, 0.2) is 0 Å². The van der Waals surface area contributed by atoms with Crippen molar-refractivity contribution >= 4 is 23.2 Å². The molecule has 0 aliphatic carbocycles. The molecule has 0 aliphatic heterocycles. The van der Waals surface area contributed by atoms with Gasteiger partial charge in [-0.3, -0.25) is 0 Å². The zero-order valence-electron chi connectivity index (χ0n) is 16.4. The Balaban J connectivity index is 1.77. The molecule has 0 saturated carbocycles. The highest BCUT2D eigenvalue weighted by atomic mass is 16.5. The van der Waals surface area contributed by atoms with Crippen LogP contribution in [-0.2, 0) is 6.54 Å². The number of benzene rings is 2. The lowest BCUT2D eigenvalue weighted by Crippen LogP contribution is -2.18. The lowest BCUT2D eigenvalue weighted by Gasteiger charge is -2.11. The van der Waals surface area contributed by atoms with E-state index in [1.54, 1.807) is 0 Å². The number of rotatable bonds is 9. The topological polar surface area (TPSA) is 42.7 Å². The first-order valence-electron chi connectivity index (χ1n) is 9.54. The molecular formula is C22H28N4O. The summed E-state index contributed by atoms with van der Waals surface area (Å²) in [6, 6.07) is 16.2. The van der Waals surface area contributed by atoms with E-state index in [9.17, 15) is 0 Å². The van der Waals surface area contributed by atoms with Gasteiger partial charge in [-0.05, 0) is 62.5 Å². The Morgan fingerprint density at radius 3 is 2.63 bits per heavy atom. The zero-order chi connectivity index (χ0) is 19.1. The summed E-state index contributed by atoms with van der Waals surface area (Å²) in [4.78, 5) is 11.5. The van der Waals surface area contributed by atoms with Crippen LogP contribution in [0.1, 0.15) is 25.3 Å². The molecule has 0 aliphatic rings. The Kier molecular flexibility index (Phi) is 6.60. The van der Waals surface area contributed by atoms with Crippen LogP contribution in [0.3, 0.4) is 0 Å². The van der Waals surface area contributed by atoms with Crippen LogP contribution in [0.4, 0.5) is 5.95 Å².